The summed E-state index contributed by atoms with van der Waals surface area (Å²) in [4.78, 5) is 39.3. The number of rotatable bonds is 5. The number of nitrogens with one attached hydrogen (secondary N) is 1. The van der Waals surface area contributed by atoms with Gasteiger partial charge in [-0.2, -0.15) is 0 Å². The monoisotopic (exact) mass is 445 g/mol. The standard InChI is InChI=1S/C26H24FN3O3/c1-16-4-11-24(32)30(14-16)21-10-5-17(2)19(12-21)13-23(31)22-15-29(3)26(33)28-25(22)18-6-8-20(27)9-7-18/h4-12,14-15,25H,13H2,1-3H3,(H,28,33)/t25-/m0/s1. The quantitative estimate of drug-likeness (QED) is 0.646. The first kappa shape index (κ1) is 22.2. The number of nitrogens with zero attached hydrogens (tertiary/aromatic N) is 2. The zero-order chi connectivity index (χ0) is 23.7. The van der Waals surface area contributed by atoms with Crippen LogP contribution in [0, 0.1) is 19.7 Å². The fraction of sp³-hybridized carbons (Fsp3) is 0.192. The normalized spacial score (nSPS) is 15.8. The molecule has 0 radical (unpaired) electrons. The third-order valence-corrected chi connectivity index (χ3v) is 5.78. The van der Waals surface area contributed by atoms with Gasteiger partial charge in [0.2, 0.25) is 0 Å². The number of amides is 2. The Kier molecular flexibility index (Phi) is 5.96. The van der Waals surface area contributed by atoms with Crippen LogP contribution in [0.15, 0.2) is 77.4 Å². The molecule has 0 spiro atoms. The van der Waals surface area contributed by atoms with Crippen LogP contribution in [0.1, 0.15) is 28.3 Å². The van der Waals surface area contributed by atoms with Crippen molar-refractivity contribution in [1.29, 1.82) is 0 Å². The molecule has 1 aromatic heterocycles. The Labute approximate surface area is 191 Å². The molecule has 0 aliphatic carbocycles. The van der Waals surface area contributed by atoms with E-state index in [1.165, 1.54) is 29.3 Å². The Morgan fingerprint density at radius 2 is 1.76 bits per heavy atom. The number of halogens is 1. The summed E-state index contributed by atoms with van der Waals surface area (Å²) < 4.78 is 15.0. The second kappa shape index (κ2) is 8.86. The average molecular weight is 445 g/mol. The molecule has 0 fully saturated rings. The molecule has 1 atom stereocenters. The van der Waals surface area contributed by atoms with Crippen molar-refractivity contribution in [3.05, 3.63) is 111 Å². The number of carbonyl (C=O) groups excluding carboxylic acids is 2. The molecule has 1 N–H and O–H groups in total. The van der Waals surface area contributed by atoms with Crippen LogP contribution < -0.4 is 10.9 Å². The molecule has 2 heterocycles. The molecule has 0 saturated carbocycles. The predicted molar refractivity (Wildman–Crippen MR) is 124 cm³/mol. The Bertz CT molecular complexity index is 1330. The van der Waals surface area contributed by atoms with Gasteiger partial charge < -0.3 is 10.2 Å². The van der Waals surface area contributed by atoms with E-state index < -0.39 is 11.9 Å². The first-order valence-electron chi connectivity index (χ1n) is 10.6. The highest BCUT2D eigenvalue weighted by molar-refractivity contribution is 6.00. The molecule has 6 nitrogen and oxygen atoms in total. The van der Waals surface area contributed by atoms with Gasteiger partial charge in [0, 0.05) is 43.2 Å². The molecular formula is C26H24FN3O3. The first-order chi connectivity index (χ1) is 15.7. The minimum Gasteiger partial charge on any atom is -0.327 e. The summed E-state index contributed by atoms with van der Waals surface area (Å²) in [6.07, 6.45) is 3.38. The molecule has 0 unspecified atom stereocenters. The summed E-state index contributed by atoms with van der Waals surface area (Å²) in [5.74, 6) is -0.568. The number of pyridine rings is 1. The summed E-state index contributed by atoms with van der Waals surface area (Å²) in [6, 6.07) is 13.5. The SMILES string of the molecule is Cc1ccc(=O)n(-c2ccc(C)c(CC(=O)C3=CN(C)C(=O)N[C@H]3c3ccc(F)cc3)c2)c1. The molecular weight excluding hydrogens is 421 g/mol. The van der Waals surface area contributed by atoms with E-state index in [9.17, 15) is 18.8 Å². The van der Waals surface area contributed by atoms with E-state index in [1.54, 1.807) is 36.0 Å². The Balaban J connectivity index is 1.68. The second-order valence-electron chi connectivity index (χ2n) is 8.25. The van der Waals surface area contributed by atoms with Gasteiger partial charge in [0.15, 0.2) is 5.78 Å². The summed E-state index contributed by atoms with van der Waals surface area (Å²) in [6.45, 7) is 3.82. The van der Waals surface area contributed by atoms with Crippen molar-refractivity contribution in [1.82, 2.24) is 14.8 Å². The van der Waals surface area contributed by atoms with Crippen molar-refractivity contribution >= 4 is 11.8 Å². The largest absolute Gasteiger partial charge is 0.327 e. The van der Waals surface area contributed by atoms with Gasteiger partial charge in [-0.15, -0.1) is 0 Å². The Morgan fingerprint density at radius 3 is 2.48 bits per heavy atom. The zero-order valence-electron chi connectivity index (χ0n) is 18.6. The van der Waals surface area contributed by atoms with Crippen LogP contribution in [0.5, 0.6) is 0 Å². The van der Waals surface area contributed by atoms with Crippen molar-refractivity contribution in [3.8, 4) is 5.69 Å². The molecule has 33 heavy (non-hydrogen) atoms. The van der Waals surface area contributed by atoms with Gasteiger partial charge >= 0.3 is 6.03 Å². The molecule has 7 heteroatoms. The van der Waals surface area contributed by atoms with Crippen LogP contribution in [0.25, 0.3) is 5.69 Å². The molecule has 2 amide bonds. The average Bonchev–Trinajstić information content (AvgIpc) is 2.79. The van der Waals surface area contributed by atoms with E-state index >= 15 is 0 Å². The van der Waals surface area contributed by atoms with Gasteiger partial charge in [0.05, 0.1) is 6.04 Å². The van der Waals surface area contributed by atoms with E-state index in [0.717, 1.165) is 16.7 Å². The van der Waals surface area contributed by atoms with Gasteiger partial charge in [-0.1, -0.05) is 24.3 Å². The predicted octanol–water partition coefficient (Wildman–Crippen LogP) is 3.99. The van der Waals surface area contributed by atoms with Crippen molar-refractivity contribution in [2.75, 3.05) is 7.05 Å². The smallest absolute Gasteiger partial charge is 0.321 e. The van der Waals surface area contributed by atoms with E-state index in [4.69, 9.17) is 0 Å². The molecule has 4 rings (SSSR count). The second-order valence-corrected chi connectivity index (χ2v) is 8.25. The van der Waals surface area contributed by atoms with E-state index in [0.29, 0.717) is 16.8 Å². The summed E-state index contributed by atoms with van der Waals surface area (Å²) in [5, 5.41) is 2.81. The maximum absolute atomic E-state index is 13.4. The van der Waals surface area contributed by atoms with E-state index in [1.807, 2.05) is 32.0 Å². The maximum atomic E-state index is 13.4. The molecule has 1 aliphatic rings. The molecule has 1 aliphatic heterocycles. The fourth-order valence-electron chi connectivity index (χ4n) is 3.86. The number of Topliss-reactive ketones (excluding diaryl/α,β-unsaturated/α-hetero) is 1. The highest BCUT2D eigenvalue weighted by Crippen LogP contribution is 2.28. The number of carbonyl (C=O) groups is 2. The van der Waals surface area contributed by atoms with Gasteiger partial charge in [-0.05, 0) is 60.4 Å². The van der Waals surface area contributed by atoms with E-state index in [-0.39, 0.29) is 23.8 Å². The fourth-order valence-corrected chi connectivity index (χ4v) is 3.86. The van der Waals surface area contributed by atoms with Gasteiger partial charge in [-0.25, -0.2) is 9.18 Å². The van der Waals surface area contributed by atoms with E-state index in [2.05, 4.69) is 5.32 Å². The molecule has 0 bridgehead atoms. The zero-order valence-corrected chi connectivity index (χ0v) is 18.6. The topological polar surface area (TPSA) is 71.4 Å². The van der Waals surface area contributed by atoms with Crippen molar-refractivity contribution in [3.63, 3.8) is 0 Å². The minimum atomic E-state index is -0.676. The lowest BCUT2D eigenvalue weighted by Crippen LogP contribution is -2.43. The van der Waals surface area contributed by atoms with Crippen LogP contribution in [0.4, 0.5) is 9.18 Å². The lowest BCUT2D eigenvalue weighted by molar-refractivity contribution is -0.115. The van der Waals surface area contributed by atoms with Crippen molar-refractivity contribution < 1.29 is 14.0 Å². The number of urea groups is 1. The molecule has 168 valence electrons. The van der Waals surface area contributed by atoms with Gasteiger partial charge in [-0.3, -0.25) is 14.2 Å². The third-order valence-electron chi connectivity index (χ3n) is 5.78. The van der Waals surface area contributed by atoms with Crippen LogP contribution in [0.3, 0.4) is 0 Å². The maximum Gasteiger partial charge on any atom is 0.321 e. The summed E-state index contributed by atoms with van der Waals surface area (Å²) in [7, 11) is 1.57. The van der Waals surface area contributed by atoms with Crippen molar-refractivity contribution in [2.24, 2.45) is 0 Å². The highest BCUT2D eigenvalue weighted by Gasteiger charge is 2.30. The molecule has 2 aromatic carbocycles. The number of hydrogen-bond donors (Lipinski definition) is 1. The Morgan fingerprint density at radius 1 is 1.03 bits per heavy atom. The van der Waals surface area contributed by atoms with Crippen LogP contribution in [0.2, 0.25) is 0 Å². The van der Waals surface area contributed by atoms with Crippen LogP contribution >= 0.6 is 0 Å². The Hall–Kier alpha value is -4.00. The lowest BCUT2D eigenvalue weighted by atomic mass is 9.91. The number of aromatic nitrogens is 1. The first-order valence-corrected chi connectivity index (χ1v) is 10.6. The van der Waals surface area contributed by atoms with Crippen LogP contribution in [-0.2, 0) is 11.2 Å². The van der Waals surface area contributed by atoms with Gasteiger partial charge in [0.25, 0.3) is 5.56 Å². The van der Waals surface area contributed by atoms with Crippen molar-refractivity contribution in [2.45, 2.75) is 26.3 Å². The number of hydrogen-bond acceptors (Lipinski definition) is 3. The molecule has 3 aromatic rings. The third kappa shape index (κ3) is 4.62. The summed E-state index contributed by atoms with van der Waals surface area (Å²) in [5.41, 5.74) is 4.19. The lowest BCUT2D eigenvalue weighted by Gasteiger charge is -2.30. The number of benzene rings is 2. The summed E-state index contributed by atoms with van der Waals surface area (Å²) >= 11 is 0. The van der Waals surface area contributed by atoms with Gasteiger partial charge in [0.1, 0.15) is 5.82 Å². The minimum absolute atomic E-state index is 0.0908. The number of aryl methyl sites for hydroxylation is 2. The van der Waals surface area contributed by atoms with Crippen LogP contribution in [-0.4, -0.2) is 28.3 Å². The molecule has 0 saturated heterocycles. The number of ketones is 1. The highest BCUT2D eigenvalue weighted by atomic mass is 19.1.